The number of piperazine rings is 1. The van der Waals surface area contributed by atoms with Crippen LogP contribution in [0.5, 0.6) is 0 Å². The Labute approximate surface area is 177 Å². The summed E-state index contributed by atoms with van der Waals surface area (Å²) >= 11 is 5.89. The highest BCUT2D eigenvalue weighted by Crippen LogP contribution is 2.14. The molecule has 2 aromatic carbocycles. The third-order valence-corrected chi connectivity index (χ3v) is 6.48. The molecule has 0 saturated carbocycles. The molecule has 1 heterocycles. The molecule has 1 aliphatic rings. The summed E-state index contributed by atoms with van der Waals surface area (Å²) in [5.41, 5.74) is 2.04. The van der Waals surface area contributed by atoms with Crippen molar-refractivity contribution in [2.24, 2.45) is 0 Å². The van der Waals surface area contributed by atoms with E-state index in [0.29, 0.717) is 18.1 Å². The van der Waals surface area contributed by atoms with E-state index >= 15 is 0 Å². The number of carbonyl (C=O) groups is 1. The van der Waals surface area contributed by atoms with Crippen molar-refractivity contribution in [3.63, 3.8) is 0 Å². The van der Waals surface area contributed by atoms with E-state index in [1.807, 2.05) is 18.2 Å². The number of nitrogens with zero attached hydrogens (tertiary/aromatic N) is 3. The lowest BCUT2D eigenvalue weighted by molar-refractivity contribution is -0.133. The maximum atomic E-state index is 12.7. The van der Waals surface area contributed by atoms with E-state index in [1.165, 1.54) is 9.87 Å². The second-order valence-corrected chi connectivity index (χ2v) is 9.72. The Hall–Kier alpha value is -1.93. The predicted molar refractivity (Wildman–Crippen MR) is 115 cm³/mol. The molecule has 0 N–H and O–H groups in total. The number of halogens is 1. The number of benzene rings is 2. The average molecular weight is 436 g/mol. The van der Waals surface area contributed by atoms with E-state index in [-0.39, 0.29) is 19.0 Å². The van der Waals surface area contributed by atoms with Crippen molar-refractivity contribution in [2.45, 2.75) is 13.1 Å². The fourth-order valence-electron chi connectivity index (χ4n) is 3.33. The van der Waals surface area contributed by atoms with E-state index in [0.717, 1.165) is 31.5 Å². The highest BCUT2D eigenvalue weighted by Gasteiger charge is 2.26. The van der Waals surface area contributed by atoms with Gasteiger partial charge in [-0.25, -0.2) is 8.42 Å². The van der Waals surface area contributed by atoms with Crippen LogP contribution in [0.2, 0.25) is 5.02 Å². The molecule has 156 valence electrons. The molecular weight excluding hydrogens is 410 g/mol. The third-order valence-electron chi connectivity index (χ3n) is 5.03. The Bertz CT molecular complexity index is 912. The minimum absolute atomic E-state index is 0.149. The first-order valence-electron chi connectivity index (χ1n) is 9.55. The maximum absolute atomic E-state index is 12.7. The van der Waals surface area contributed by atoms with Gasteiger partial charge in [-0.05, 0) is 23.3 Å². The van der Waals surface area contributed by atoms with Crippen LogP contribution in [-0.4, -0.2) is 67.4 Å². The summed E-state index contributed by atoms with van der Waals surface area (Å²) in [7, 11) is -3.52. The lowest BCUT2D eigenvalue weighted by Gasteiger charge is -2.35. The van der Waals surface area contributed by atoms with Gasteiger partial charge >= 0.3 is 0 Å². The van der Waals surface area contributed by atoms with Gasteiger partial charge in [-0.3, -0.25) is 9.69 Å². The number of rotatable bonds is 7. The molecule has 0 bridgehead atoms. The van der Waals surface area contributed by atoms with Crippen molar-refractivity contribution >= 4 is 27.5 Å². The molecule has 1 saturated heterocycles. The maximum Gasteiger partial charge on any atom is 0.237 e. The first-order valence-corrected chi connectivity index (χ1v) is 11.8. The Morgan fingerprint density at radius 1 is 0.966 bits per heavy atom. The molecule has 0 aliphatic carbocycles. The van der Waals surface area contributed by atoms with Crippen LogP contribution in [-0.2, 0) is 27.9 Å². The van der Waals surface area contributed by atoms with E-state index in [4.69, 9.17) is 11.6 Å². The second kappa shape index (κ2) is 9.71. The molecule has 0 aromatic heterocycles. The average Bonchev–Trinajstić information content (AvgIpc) is 2.69. The fraction of sp³-hybridized carbons (Fsp3) is 0.381. The molecule has 1 amide bonds. The van der Waals surface area contributed by atoms with E-state index in [1.54, 1.807) is 29.2 Å². The number of carbonyl (C=O) groups excluding carboxylic acids is 1. The van der Waals surface area contributed by atoms with Crippen LogP contribution < -0.4 is 0 Å². The second-order valence-electron chi connectivity index (χ2n) is 7.30. The minimum Gasteiger partial charge on any atom is -0.339 e. The largest absolute Gasteiger partial charge is 0.339 e. The van der Waals surface area contributed by atoms with E-state index in [2.05, 4.69) is 17.0 Å². The molecule has 8 heteroatoms. The molecule has 6 nitrogen and oxygen atoms in total. The zero-order valence-electron chi connectivity index (χ0n) is 16.5. The summed E-state index contributed by atoms with van der Waals surface area (Å²) in [5, 5.41) is 0.587. The van der Waals surface area contributed by atoms with E-state index < -0.39 is 10.0 Å². The Balaban J connectivity index is 1.55. The number of hydrogen-bond donors (Lipinski definition) is 0. The van der Waals surface area contributed by atoms with Gasteiger partial charge < -0.3 is 4.90 Å². The number of hydrogen-bond acceptors (Lipinski definition) is 4. The smallest absolute Gasteiger partial charge is 0.237 e. The zero-order valence-corrected chi connectivity index (χ0v) is 18.1. The van der Waals surface area contributed by atoms with Gasteiger partial charge in [0.25, 0.3) is 0 Å². The lowest BCUT2D eigenvalue weighted by atomic mass is 10.2. The normalized spacial score (nSPS) is 15.6. The summed E-state index contributed by atoms with van der Waals surface area (Å²) < 4.78 is 25.6. The first kappa shape index (κ1) is 21.8. The number of amides is 1. The lowest BCUT2D eigenvalue weighted by Crippen LogP contribution is -2.51. The SMILES string of the molecule is CS(=O)(=O)N(CC(=O)N1CCN(Cc2ccccc2)CC1)Cc1ccc(Cl)cc1. The van der Waals surface area contributed by atoms with Crippen LogP contribution in [0.1, 0.15) is 11.1 Å². The van der Waals surface area contributed by atoms with Crippen LogP contribution in [0.25, 0.3) is 0 Å². The molecule has 0 unspecified atom stereocenters. The quantitative estimate of drug-likeness (QED) is 0.670. The van der Waals surface area contributed by atoms with Crippen molar-refractivity contribution in [1.29, 1.82) is 0 Å². The molecule has 1 aliphatic heterocycles. The third kappa shape index (κ3) is 6.54. The molecule has 0 radical (unpaired) electrons. The highest BCUT2D eigenvalue weighted by atomic mass is 35.5. The van der Waals surface area contributed by atoms with Crippen molar-refractivity contribution in [3.05, 3.63) is 70.7 Å². The molecular formula is C21H26ClN3O3S. The molecule has 0 atom stereocenters. The monoisotopic (exact) mass is 435 g/mol. The van der Waals surface area contributed by atoms with Gasteiger partial charge in [-0.15, -0.1) is 0 Å². The summed E-state index contributed by atoms with van der Waals surface area (Å²) in [6.45, 7) is 3.60. The predicted octanol–water partition coefficient (Wildman–Crippen LogP) is 2.45. The van der Waals surface area contributed by atoms with Crippen molar-refractivity contribution in [1.82, 2.24) is 14.1 Å². The summed E-state index contributed by atoms with van der Waals surface area (Å²) in [4.78, 5) is 16.8. The fourth-order valence-corrected chi connectivity index (χ4v) is 4.19. The molecule has 3 rings (SSSR count). The molecule has 2 aromatic rings. The minimum atomic E-state index is -3.52. The highest BCUT2D eigenvalue weighted by molar-refractivity contribution is 7.88. The zero-order chi connectivity index (χ0) is 20.9. The summed E-state index contributed by atoms with van der Waals surface area (Å²) in [6.07, 6.45) is 1.13. The summed E-state index contributed by atoms with van der Waals surface area (Å²) in [6, 6.07) is 17.2. The van der Waals surface area contributed by atoms with Crippen LogP contribution in [0.15, 0.2) is 54.6 Å². The van der Waals surface area contributed by atoms with Gasteiger partial charge in [0.2, 0.25) is 15.9 Å². The van der Waals surface area contributed by atoms with Crippen LogP contribution >= 0.6 is 11.6 Å². The van der Waals surface area contributed by atoms with Crippen molar-refractivity contribution in [3.8, 4) is 0 Å². The van der Waals surface area contributed by atoms with E-state index in [9.17, 15) is 13.2 Å². The van der Waals surface area contributed by atoms with Gasteiger partial charge in [-0.2, -0.15) is 4.31 Å². The van der Waals surface area contributed by atoms with Crippen LogP contribution in [0.3, 0.4) is 0 Å². The van der Waals surface area contributed by atoms with Gasteiger partial charge in [0.15, 0.2) is 0 Å². The Morgan fingerprint density at radius 3 is 2.17 bits per heavy atom. The standard InChI is InChI=1S/C21H26ClN3O3S/c1-29(27,28)25(16-19-7-9-20(22)10-8-19)17-21(26)24-13-11-23(12-14-24)15-18-5-3-2-4-6-18/h2-10H,11-17H2,1H3. The van der Waals surface area contributed by atoms with Crippen molar-refractivity contribution in [2.75, 3.05) is 39.0 Å². The van der Waals surface area contributed by atoms with Crippen LogP contribution in [0, 0.1) is 0 Å². The van der Waals surface area contributed by atoms with Gasteiger partial charge in [0.05, 0.1) is 12.8 Å². The Morgan fingerprint density at radius 2 is 1.59 bits per heavy atom. The van der Waals surface area contributed by atoms with Gasteiger partial charge in [-0.1, -0.05) is 54.1 Å². The topological polar surface area (TPSA) is 60.9 Å². The van der Waals surface area contributed by atoms with Gasteiger partial charge in [0, 0.05) is 44.3 Å². The number of sulfonamides is 1. The van der Waals surface area contributed by atoms with Crippen LogP contribution in [0.4, 0.5) is 0 Å². The first-order chi connectivity index (χ1) is 13.8. The Kier molecular flexibility index (Phi) is 7.29. The molecule has 1 fully saturated rings. The van der Waals surface area contributed by atoms with Crippen molar-refractivity contribution < 1.29 is 13.2 Å². The summed E-state index contributed by atoms with van der Waals surface area (Å²) in [5.74, 6) is -0.163. The van der Waals surface area contributed by atoms with Gasteiger partial charge in [0.1, 0.15) is 0 Å². The molecule has 0 spiro atoms. The molecule has 29 heavy (non-hydrogen) atoms.